The van der Waals surface area contributed by atoms with Crippen LogP contribution in [0.3, 0.4) is 0 Å². The van der Waals surface area contributed by atoms with Crippen molar-refractivity contribution >= 4 is 33.2 Å². The predicted octanol–water partition coefficient (Wildman–Crippen LogP) is 2.35. The third-order valence-corrected chi connectivity index (χ3v) is 6.37. The molecular formula is C23H30N4O6S. The van der Waals surface area contributed by atoms with Crippen LogP contribution in [0.5, 0.6) is 0 Å². The molecule has 0 saturated carbocycles. The van der Waals surface area contributed by atoms with Gasteiger partial charge in [0.1, 0.15) is 12.6 Å². The average molecular weight is 491 g/mol. The van der Waals surface area contributed by atoms with Crippen LogP contribution in [-0.4, -0.2) is 62.0 Å². The van der Waals surface area contributed by atoms with Crippen LogP contribution in [-0.2, 0) is 26.0 Å². The third-order valence-electron chi connectivity index (χ3n) is 5.23. The van der Waals surface area contributed by atoms with E-state index in [2.05, 4.69) is 5.32 Å². The van der Waals surface area contributed by atoms with E-state index in [4.69, 9.17) is 0 Å². The van der Waals surface area contributed by atoms with Crippen molar-refractivity contribution in [3.63, 3.8) is 0 Å². The van der Waals surface area contributed by atoms with Crippen LogP contribution in [0.2, 0.25) is 0 Å². The predicted molar refractivity (Wildman–Crippen MR) is 130 cm³/mol. The third kappa shape index (κ3) is 7.27. The van der Waals surface area contributed by atoms with Crippen molar-refractivity contribution in [3.8, 4) is 0 Å². The van der Waals surface area contributed by atoms with E-state index < -0.39 is 33.4 Å². The van der Waals surface area contributed by atoms with Gasteiger partial charge in [0.05, 0.1) is 16.9 Å². The molecule has 11 heteroatoms. The summed E-state index contributed by atoms with van der Waals surface area (Å²) in [7, 11) is -3.96. The maximum atomic E-state index is 13.4. The Kier molecular flexibility index (Phi) is 9.55. The van der Waals surface area contributed by atoms with Gasteiger partial charge in [-0.05, 0) is 31.4 Å². The van der Waals surface area contributed by atoms with Crippen molar-refractivity contribution in [1.82, 2.24) is 10.2 Å². The second kappa shape index (κ2) is 12.1. The zero-order chi connectivity index (χ0) is 25.3. The molecule has 1 atom stereocenters. The smallest absolute Gasteiger partial charge is 0.271 e. The summed E-state index contributed by atoms with van der Waals surface area (Å²) < 4.78 is 25.9. The van der Waals surface area contributed by atoms with Gasteiger partial charge in [0.25, 0.3) is 5.69 Å². The summed E-state index contributed by atoms with van der Waals surface area (Å²) in [6, 6.07) is 13.7. The summed E-state index contributed by atoms with van der Waals surface area (Å²) >= 11 is 0. The summed E-state index contributed by atoms with van der Waals surface area (Å²) in [5, 5.41) is 13.9. The van der Waals surface area contributed by atoms with Gasteiger partial charge >= 0.3 is 0 Å². The van der Waals surface area contributed by atoms with E-state index >= 15 is 0 Å². The van der Waals surface area contributed by atoms with Gasteiger partial charge in [-0.2, -0.15) is 0 Å². The van der Waals surface area contributed by atoms with E-state index in [1.807, 2.05) is 30.3 Å². The maximum absolute atomic E-state index is 13.4. The van der Waals surface area contributed by atoms with Crippen LogP contribution < -0.4 is 9.62 Å². The summed E-state index contributed by atoms with van der Waals surface area (Å²) in [6.07, 6.45) is 1.73. The van der Waals surface area contributed by atoms with Gasteiger partial charge in [0.2, 0.25) is 21.8 Å². The van der Waals surface area contributed by atoms with Crippen LogP contribution in [0.25, 0.3) is 0 Å². The van der Waals surface area contributed by atoms with E-state index in [0.29, 0.717) is 19.4 Å². The Bertz CT molecular complexity index is 1110. The lowest BCUT2D eigenvalue weighted by molar-refractivity contribution is -0.384. The molecular weight excluding hydrogens is 460 g/mol. The standard InChI is InChI=1S/C23H30N4O6S/c1-4-21(23(29)24-5-2)25(15-14-18-10-7-6-8-11-18)22(28)17-26(34(3,32)33)19-12-9-13-20(16-19)27(30)31/h6-13,16,21H,4-5,14-15,17H2,1-3H3,(H,24,29)/t21-/m0/s1. The fraction of sp³-hybridized carbons (Fsp3) is 0.391. The zero-order valence-corrected chi connectivity index (χ0v) is 20.3. The van der Waals surface area contributed by atoms with Crippen molar-refractivity contribution in [2.45, 2.75) is 32.7 Å². The number of hydrogen-bond donors (Lipinski definition) is 1. The molecule has 1 N–H and O–H groups in total. The maximum Gasteiger partial charge on any atom is 0.271 e. The first-order chi connectivity index (χ1) is 16.1. The molecule has 0 aliphatic rings. The molecule has 34 heavy (non-hydrogen) atoms. The highest BCUT2D eigenvalue weighted by Gasteiger charge is 2.31. The van der Waals surface area contributed by atoms with Crippen LogP contribution in [0, 0.1) is 10.1 Å². The number of sulfonamides is 1. The van der Waals surface area contributed by atoms with Crippen LogP contribution >= 0.6 is 0 Å². The number of carbonyl (C=O) groups is 2. The van der Waals surface area contributed by atoms with Gasteiger partial charge in [0, 0.05) is 25.2 Å². The number of rotatable bonds is 12. The second-order valence-corrected chi connectivity index (χ2v) is 9.59. The molecule has 0 unspecified atom stereocenters. The van der Waals surface area contributed by atoms with E-state index in [-0.39, 0.29) is 23.8 Å². The number of hydrogen-bond acceptors (Lipinski definition) is 6. The van der Waals surface area contributed by atoms with Gasteiger partial charge in [-0.15, -0.1) is 0 Å². The first kappa shape index (κ1) is 26.8. The topological polar surface area (TPSA) is 130 Å². The molecule has 0 radical (unpaired) electrons. The number of amides is 2. The molecule has 0 aliphatic carbocycles. The first-order valence-corrected chi connectivity index (χ1v) is 12.8. The molecule has 0 saturated heterocycles. The fourth-order valence-corrected chi connectivity index (χ4v) is 4.40. The van der Waals surface area contributed by atoms with Crippen molar-refractivity contribution in [2.75, 3.05) is 30.2 Å². The monoisotopic (exact) mass is 490 g/mol. The summed E-state index contributed by atoms with van der Waals surface area (Å²) in [6.45, 7) is 3.54. The van der Waals surface area contributed by atoms with E-state index in [1.54, 1.807) is 13.8 Å². The molecule has 0 aromatic heterocycles. The van der Waals surface area contributed by atoms with E-state index in [9.17, 15) is 28.1 Å². The molecule has 184 valence electrons. The Morgan fingerprint density at radius 3 is 2.32 bits per heavy atom. The first-order valence-electron chi connectivity index (χ1n) is 10.9. The van der Waals surface area contributed by atoms with E-state index in [0.717, 1.165) is 22.2 Å². The molecule has 2 amide bonds. The lowest BCUT2D eigenvalue weighted by atomic mass is 10.1. The zero-order valence-electron chi connectivity index (χ0n) is 19.5. The SMILES string of the molecule is CCNC(=O)[C@H](CC)N(CCc1ccccc1)C(=O)CN(c1cccc([N+](=O)[O-])c1)S(C)(=O)=O. The summed E-state index contributed by atoms with van der Waals surface area (Å²) in [4.78, 5) is 38.0. The molecule has 2 aromatic carbocycles. The Morgan fingerprint density at radius 2 is 1.76 bits per heavy atom. The number of carbonyl (C=O) groups excluding carboxylic acids is 2. The number of anilines is 1. The molecule has 0 aliphatic heterocycles. The molecule has 2 rings (SSSR count). The lowest BCUT2D eigenvalue weighted by Gasteiger charge is -2.32. The lowest BCUT2D eigenvalue weighted by Crippen LogP contribution is -2.53. The number of likely N-dealkylation sites (N-methyl/N-ethyl adjacent to an activating group) is 1. The van der Waals surface area contributed by atoms with Crippen LogP contribution in [0.4, 0.5) is 11.4 Å². The van der Waals surface area contributed by atoms with Crippen LogP contribution in [0.15, 0.2) is 54.6 Å². The van der Waals surface area contributed by atoms with Gasteiger partial charge in [-0.3, -0.25) is 24.0 Å². The van der Waals surface area contributed by atoms with Crippen molar-refractivity contribution in [2.24, 2.45) is 0 Å². The Labute approximate surface area is 199 Å². The molecule has 0 heterocycles. The highest BCUT2D eigenvalue weighted by atomic mass is 32.2. The second-order valence-electron chi connectivity index (χ2n) is 7.69. The Balaban J connectivity index is 2.38. The fourth-order valence-electron chi connectivity index (χ4n) is 3.56. The normalized spacial score (nSPS) is 12.0. The highest BCUT2D eigenvalue weighted by molar-refractivity contribution is 7.92. The minimum atomic E-state index is -3.96. The average Bonchev–Trinajstić information content (AvgIpc) is 2.80. The van der Waals surface area contributed by atoms with Gasteiger partial charge in [-0.1, -0.05) is 43.3 Å². The van der Waals surface area contributed by atoms with Gasteiger partial charge in [-0.25, -0.2) is 8.42 Å². The number of non-ortho nitro benzene ring substituents is 1. The molecule has 0 spiro atoms. The number of nitrogens with zero attached hydrogens (tertiary/aromatic N) is 3. The minimum absolute atomic E-state index is 0.000817. The number of nitrogens with one attached hydrogen (secondary N) is 1. The Hall–Kier alpha value is -3.47. The van der Waals surface area contributed by atoms with Crippen molar-refractivity contribution in [1.29, 1.82) is 0 Å². The summed E-state index contributed by atoms with van der Waals surface area (Å²) in [5.41, 5.74) is 0.664. The number of benzene rings is 2. The minimum Gasteiger partial charge on any atom is -0.355 e. The Morgan fingerprint density at radius 1 is 1.09 bits per heavy atom. The molecule has 0 fully saturated rings. The summed E-state index contributed by atoms with van der Waals surface area (Å²) in [5.74, 6) is -0.904. The number of nitro benzene ring substituents is 1. The quantitative estimate of drug-likeness (QED) is 0.359. The highest BCUT2D eigenvalue weighted by Crippen LogP contribution is 2.23. The molecule has 2 aromatic rings. The van der Waals surface area contributed by atoms with E-state index in [1.165, 1.54) is 23.1 Å². The van der Waals surface area contributed by atoms with Gasteiger partial charge < -0.3 is 10.2 Å². The van der Waals surface area contributed by atoms with Gasteiger partial charge in [0.15, 0.2) is 0 Å². The number of nitro groups is 1. The van der Waals surface area contributed by atoms with Crippen molar-refractivity contribution < 1.29 is 22.9 Å². The van der Waals surface area contributed by atoms with Crippen molar-refractivity contribution in [3.05, 3.63) is 70.3 Å². The molecule has 0 bridgehead atoms. The van der Waals surface area contributed by atoms with Crippen LogP contribution in [0.1, 0.15) is 25.8 Å². The largest absolute Gasteiger partial charge is 0.355 e. The molecule has 10 nitrogen and oxygen atoms in total.